The number of aromatic nitrogens is 2. The fraction of sp³-hybridized carbons (Fsp3) is 0.111. The maximum absolute atomic E-state index is 12.0. The first kappa shape index (κ1) is 18.3. The molecule has 0 bridgehead atoms. The van der Waals surface area contributed by atoms with E-state index in [-0.39, 0.29) is 6.03 Å². The third-order valence-electron chi connectivity index (χ3n) is 3.68. The molecule has 1 heterocycles. The van der Waals surface area contributed by atoms with E-state index in [1.165, 1.54) is 6.33 Å². The molecular weight excluding hydrogens is 375 g/mol. The highest BCUT2D eigenvalue weighted by molar-refractivity contribution is 6.35. The van der Waals surface area contributed by atoms with E-state index in [9.17, 15) is 9.90 Å². The summed E-state index contributed by atoms with van der Waals surface area (Å²) in [5, 5.41) is 16.5. The van der Waals surface area contributed by atoms with Gasteiger partial charge < -0.3 is 20.7 Å². The summed E-state index contributed by atoms with van der Waals surface area (Å²) in [6.45, 7) is 0.334. The van der Waals surface area contributed by atoms with Crippen LogP contribution in [0.3, 0.4) is 0 Å². The van der Waals surface area contributed by atoms with Crippen LogP contribution in [0.1, 0.15) is 22.9 Å². The largest absolute Gasteiger partial charge is 0.382 e. The number of aromatic amines is 1. The second-order valence-corrected chi connectivity index (χ2v) is 6.49. The lowest BCUT2D eigenvalue weighted by molar-refractivity contribution is 0.216. The van der Waals surface area contributed by atoms with Gasteiger partial charge in [-0.15, -0.1) is 0 Å². The van der Waals surface area contributed by atoms with E-state index in [0.717, 1.165) is 11.1 Å². The van der Waals surface area contributed by atoms with Gasteiger partial charge in [0.1, 0.15) is 6.10 Å². The minimum atomic E-state index is -0.768. The van der Waals surface area contributed by atoms with Crippen LogP contribution in [-0.2, 0) is 6.54 Å². The Morgan fingerprint density at radius 2 is 1.85 bits per heavy atom. The summed E-state index contributed by atoms with van der Waals surface area (Å²) < 4.78 is 0. The number of amides is 2. The number of rotatable bonds is 5. The Hall–Kier alpha value is -2.54. The summed E-state index contributed by atoms with van der Waals surface area (Å²) in [7, 11) is 0. The van der Waals surface area contributed by atoms with Crippen LogP contribution in [-0.4, -0.2) is 21.1 Å². The van der Waals surface area contributed by atoms with Crippen molar-refractivity contribution in [3.63, 3.8) is 0 Å². The van der Waals surface area contributed by atoms with Gasteiger partial charge in [-0.3, -0.25) is 0 Å². The molecule has 4 N–H and O–H groups in total. The molecule has 0 aliphatic rings. The van der Waals surface area contributed by atoms with Gasteiger partial charge in [0.05, 0.1) is 18.2 Å². The topological polar surface area (TPSA) is 90.0 Å². The number of aliphatic hydroxyl groups is 1. The standard InChI is InChI=1S/C18H16Cl2N4O2/c19-13-5-14(20)7-15(6-13)24-18(26)22-8-11-1-3-12(4-2-11)17(25)16-9-21-10-23-16/h1-7,9-10,17,25H,8H2,(H,21,23)(H2,22,24,26). The highest BCUT2D eigenvalue weighted by atomic mass is 35.5. The number of hydrogen-bond donors (Lipinski definition) is 4. The van der Waals surface area contributed by atoms with Crippen LogP contribution in [0.15, 0.2) is 55.0 Å². The highest BCUT2D eigenvalue weighted by Crippen LogP contribution is 2.22. The minimum Gasteiger partial charge on any atom is -0.382 e. The van der Waals surface area contributed by atoms with Gasteiger partial charge in [0.25, 0.3) is 0 Å². The smallest absolute Gasteiger partial charge is 0.319 e. The number of hydrogen-bond acceptors (Lipinski definition) is 3. The van der Waals surface area contributed by atoms with Crippen LogP contribution in [0.4, 0.5) is 10.5 Å². The van der Waals surface area contributed by atoms with E-state index >= 15 is 0 Å². The number of H-pyrrole nitrogens is 1. The van der Waals surface area contributed by atoms with Gasteiger partial charge in [-0.05, 0) is 29.3 Å². The van der Waals surface area contributed by atoms with Crippen molar-refractivity contribution in [2.45, 2.75) is 12.6 Å². The number of nitrogens with one attached hydrogen (secondary N) is 3. The molecular formula is C18H16Cl2N4O2. The molecule has 8 heteroatoms. The zero-order valence-electron chi connectivity index (χ0n) is 13.5. The van der Waals surface area contributed by atoms with Crippen LogP contribution in [0.25, 0.3) is 0 Å². The number of nitrogens with zero attached hydrogens (tertiary/aromatic N) is 1. The molecule has 2 aromatic carbocycles. The number of imidazole rings is 1. The van der Waals surface area contributed by atoms with Gasteiger partial charge in [0.2, 0.25) is 0 Å². The second-order valence-electron chi connectivity index (χ2n) is 5.62. The molecule has 0 aliphatic heterocycles. The molecule has 134 valence electrons. The summed E-state index contributed by atoms with van der Waals surface area (Å²) in [5.41, 5.74) is 2.76. The van der Waals surface area contributed by atoms with Crippen LogP contribution >= 0.6 is 23.2 Å². The molecule has 2 amide bonds. The number of anilines is 1. The second kappa shape index (κ2) is 8.23. The van der Waals surface area contributed by atoms with Gasteiger partial charge >= 0.3 is 6.03 Å². The number of halogens is 2. The van der Waals surface area contributed by atoms with Crippen molar-refractivity contribution in [2.75, 3.05) is 5.32 Å². The zero-order chi connectivity index (χ0) is 18.5. The van der Waals surface area contributed by atoms with Crippen molar-refractivity contribution < 1.29 is 9.90 Å². The molecule has 3 aromatic rings. The number of aliphatic hydroxyl groups excluding tert-OH is 1. The molecule has 0 fully saturated rings. The molecule has 6 nitrogen and oxygen atoms in total. The van der Waals surface area contributed by atoms with Crippen molar-refractivity contribution >= 4 is 34.9 Å². The van der Waals surface area contributed by atoms with Crippen LogP contribution in [0.5, 0.6) is 0 Å². The average molecular weight is 391 g/mol. The average Bonchev–Trinajstić information content (AvgIpc) is 3.13. The normalized spacial score (nSPS) is 11.8. The predicted octanol–water partition coefficient (Wildman–Crippen LogP) is 4.12. The lowest BCUT2D eigenvalue weighted by Crippen LogP contribution is -2.28. The van der Waals surface area contributed by atoms with Crippen molar-refractivity contribution in [3.05, 3.63) is 81.9 Å². The Labute approximate surface area is 160 Å². The third kappa shape index (κ3) is 4.76. The molecule has 1 aromatic heterocycles. The molecule has 0 spiro atoms. The molecule has 0 saturated carbocycles. The predicted molar refractivity (Wildman–Crippen MR) is 101 cm³/mol. The van der Waals surface area contributed by atoms with Crippen molar-refractivity contribution in [1.82, 2.24) is 15.3 Å². The van der Waals surface area contributed by atoms with Gasteiger partial charge in [-0.2, -0.15) is 0 Å². The summed E-state index contributed by atoms with van der Waals surface area (Å²) in [5.74, 6) is 0. The molecule has 1 unspecified atom stereocenters. The first-order valence-corrected chi connectivity index (χ1v) is 8.53. The fourth-order valence-electron chi connectivity index (χ4n) is 2.40. The monoisotopic (exact) mass is 390 g/mol. The first-order valence-electron chi connectivity index (χ1n) is 7.77. The highest BCUT2D eigenvalue weighted by Gasteiger charge is 2.11. The Morgan fingerprint density at radius 3 is 2.46 bits per heavy atom. The Balaban J connectivity index is 1.55. The minimum absolute atomic E-state index is 0.334. The summed E-state index contributed by atoms with van der Waals surface area (Å²) in [6.07, 6.45) is 2.32. The van der Waals surface area contributed by atoms with Gasteiger partial charge in [-0.25, -0.2) is 9.78 Å². The maximum atomic E-state index is 12.0. The molecule has 26 heavy (non-hydrogen) atoms. The van der Waals surface area contributed by atoms with E-state index in [1.54, 1.807) is 36.5 Å². The Morgan fingerprint density at radius 1 is 1.15 bits per heavy atom. The number of benzene rings is 2. The lowest BCUT2D eigenvalue weighted by atomic mass is 10.1. The Kier molecular flexibility index (Phi) is 5.78. The van der Waals surface area contributed by atoms with E-state index < -0.39 is 6.10 Å². The maximum Gasteiger partial charge on any atom is 0.319 e. The van der Waals surface area contributed by atoms with E-state index in [2.05, 4.69) is 20.6 Å². The van der Waals surface area contributed by atoms with Crippen molar-refractivity contribution in [2.24, 2.45) is 0 Å². The molecule has 0 aliphatic carbocycles. The molecule has 1 atom stereocenters. The van der Waals surface area contributed by atoms with E-state index in [1.807, 2.05) is 12.1 Å². The van der Waals surface area contributed by atoms with Crippen molar-refractivity contribution in [1.29, 1.82) is 0 Å². The van der Waals surface area contributed by atoms with E-state index in [4.69, 9.17) is 23.2 Å². The zero-order valence-corrected chi connectivity index (χ0v) is 15.1. The van der Waals surface area contributed by atoms with Crippen LogP contribution < -0.4 is 10.6 Å². The number of carbonyl (C=O) groups excluding carboxylic acids is 1. The first-order chi connectivity index (χ1) is 12.5. The fourth-order valence-corrected chi connectivity index (χ4v) is 2.92. The lowest BCUT2D eigenvalue weighted by Gasteiger charge is -2.11. The number of carbonyl (C=O) groups is 1. The van der Waals surface area contributed by atoms with Crippen LogP contribution in [0, 0.1) is 0 Å². The van der Waals surface area contributed by atoms with Crippen LogP contribution in [0.2, 0.25) is 10.0 Å². The molecule has 3 rings (SSSR count). The molecule has 0 saturated heterocycles. The summed E-state index contributed by atoms with van der Waals surface area (Å²) in [6, 6.07) is 11.7. The third-order valence-corrected chi connectivity index (χ3v) is 4.12. The van der Waals surface area contributed by atoms with Gasteiger partial charge in [0, 0.05) is 22.3 Å². The summed E-state index contributed by atoms with van der Waals surface area (Å²) >= 11 is 11.8. The Bertz CT molecular complexity index is 862. The molecule has 0 radical (unpaired) electrons. The van der Waals surface area contributed by atoms with Gasteiger partial charge in [0.15, 0.2) is 0 Å². The number of urea groups is 1. The SMILES string of the molecule is O=C(NCc1ccc(C(O)c2cnc[nH]2)cc1)Nc1cc(Cl)cc(Cl)c1. The van der Waals surface area contributed by atoms with E-state index in [0.29, 0.717) is 28.0 Å². The quantitative estimate of drug-likeness (QED) is 0.528. The van der Waals surface area contributed by atoms with Gasteiger partial charge in [-0.1, -0.05) is 47.5 Å². The summed E-state index contributed by atoms with van der Waals surface area (Å²) in [4.78, 5) is 18.7. The van der Waals surface area contributed by atoms with Crippen molar-refractivity contribution in [3.8, 4) is 0 Å².